The van der Waals surface area contributed by atoms with Crippen molar-refractivity contribution >= 4 is 28.9 Å². The van der Waals surface area contributed by atoms with E-state index in [1.807, 2.05) is 24.3 Å². The van der Waals surface area contributed by atoms with Crippen LogP contribution in [0.4, 0.5) is 11.4 Å². The molecule has 7 heteroatoms. The Balaban J connectivity index is 0.994. The molecule has 2 aliphatic heterocycles. The molecule has 2 fully saturated rings. The molecule has 2 heterocycles. The first-order valence-electron chi connectivity index (χ1n) is 12.6. The summed E-state index contributed by atoms with van der Waals surface area (Å²) in [6, 6.07) is 13.5. The highest BCUT2D eigenvalue weighted by Gasteiger charge is 2.26. The third kappa shape index (κ3) is 5.78. The number of para-hydroxylation sites is 1. The van der Waals surface area contributed by atoms with Crippen molar-refractivity contribution in [1.82, 2.24) is 4.90 Å². The molecule has 0 bridgehead atoms. The summed E-state index contributed by atoms with van der Waals surface area (Å²) in [5.74, 6) is 3.17. The zero-order valence-corrected chi connectivity index (χ0v) is 20.4. The summed E-state index contributed by atoms with van der Waals surface area (Å²) >= 11 is 5.92. The fourth-order valence-electron chi connectivity index (χ4n) is 5.47. The van der Waals surface area contributed by atoms with E-state index in [0.29, 0.717) is 24.2 Å². The predicted octanol–water partition coefficient (Wildman–Crippen LogP) is 5.42. The van der Waals surface area contributed by atoms with E-state index in [1.54, 1.807) is 12.1 Å². The minimum Gasteiger partial charge on any atom is -0.454 e. The summed E-state index contributed by atoms with van der Waals surface area (Å²) in [7, 11) is 0. The number of rotatable bonds is 7. The smallest absolute Gasteiger partial charge is 0.231 e. The van der Waals surface area contributed by atoms with E-state index in [4.69, 9.17) is 21.1 Å². The monoisotopic (exact) mass is 483 g/mol. The number of carbonyl (C=O) groups is 1. The number of hydrogen-bond donors (Lipinski definition) is 1. The van der Waals surface area contributed by atoms with E-state index in [9.17, 15) is 4.79 Å². The average molecular weight is 484 g/mol. The number of piperazine rings is 1. The summed E-state index contributed by atoms with van der Waals surface area (Å²) in [4.78, 5) is 17.4. The van der Waals surface area contributed by atoms with E-state index in [0.717, 1.165) is 67.8 Å². The van der Waals surface area contributed by atoms with Crippen molar-refractivity contribution in [3.63, 3.8) is 0 Å². The van der Waals surface area contributed by atoms with Crippen LogP contribution in [0.1, 0.15) is 38.5 Å². The normalized spacial score (nSPS) is 22.6. The molecule has 0 atom stereocenters. The fraction of sp³-hybridized carbons (Fsp3) is 0.519. The number of amides is 1. The third-order valence-electron chi connectivity index (χ3n) is 7.51. The van der Waals surface area contributed by atoms with Crippen LogP contribution in [0.15, 0.2) is 42.5 Å². The van der Waals surface area contributed by atoms with Gasteiger partial charge in [-0.15, -0.1) is 0 Å². The minimum absolute atomic E-state index is 0.115. The Morgan fingerprint density at radius 3 is 2.44 bits per heavy atom. The van der Waals surface area contributed by atoms with Crippen molar-refractivity contribution in [3.8, 4) is 11.5 Å². The van der Waals surface area contributed by atoms with E-state index in [-0.39, 0.29) is 5.91 Å². The van der Waals surface area contributed by atoms with Crippen LogP contribution in [-0.4, -0.2) is 50.3 Å². The van der Waals surface area contributed by atoms with Gasteiger partial charge in [-0.05, 0) is 74.0 Å². The van der Waals surface area contributed by atoms with Crippen molar-refractivity contribution in [2.75, 3.05) is 49.7 Å². The molecule has 6 nitrogen and oxygen atoms in total. The Morgan fingerprint density at radius 1 is 0.941 bits per heavy atom. The number of fused-ring (bicyclic) bond motifs is 1. The van der Waals surface area contributed by atoms with Gasteiger partial charge < -0.3 is 19.7 Å². The number of hydrogen-bond acceptors (Lipinski definition) is 5. The van der Waals surface area contributed by atoms with Gasteiger partial charge in [-0.2, -0.15) is 0 Å². The molecule has 1 saturated carbocycles. The molecule has 3 aliphatic rings. The molecule has 182 valence electrons. The van der Waals surface area contributed by atoms with Gasteiger partial charge in [-0.1, -0.05) is 30.5 Å². The zero-order chi connectivity index (χ0) is 23.3. The van der Waals surface area contributed by atoms with Crippen molar-refractivity contribution in [1.29, 1.82) is 0 Å². The van der Waals surface area contributed by atoms with Gasteiger partial charge in [0, 0.05) is 43.3 Å². The molecule has 1 aliphatic carbocycles. The fourth-order valence-corrected chi connectivity index (χ4v) is 5.60. The Morgan fingerprint density at radius 2 is 1.68 bits per heavy atom. The molecule has 34 heavy (non-hydrogen) atoms. The van der Waals surface area contributed by atoms with Crippen LogP contribution in [0.3, 0.4) is 0 Å². The molecular formula is C27H34ClN3O3. The summed E-state index contributed by atoms with van der Waals surface area (Å²) in [6.45, 7) is 5.72. The van der Waals surface area contributed by atoms with E-state index in [2.05, 4.69) is 21.2 Å². The summed E-state index contributed by atoms with van der Waals surface area (Å²) in [5, 5.41) is 3.68. The second-order valence-electron chi connectivity index (χ2n) is 9.77. The van der Waals surface area contributed by atoms with Crippen LogP contribution >= 0.6 is 11.6 Å². The summed E-state index contributed by atoms with van der Waals surface area (Å²) in [5.41, 5.74) is 1.98. The third-order valence-corrected chi connectivity index (χ3v) is 7.76. The van der Waals surface area contributed by atoms with Crippen molar-refractivity contribution in [2.24, 2.45) is 11.8 Å². The van der Waals surface area contributed by atoms with Crippen LogP contribution in [0.2, 0.25) is 5.02 Å². The number of carbonyl (C=O) groups excluding carboxylic acids is 1. The number of anilines is 2. The van der Waals surface area contributed by atoms with E-state index < -0.39 is 0 Å². The quantitative estimate of drug-likeness (QED) is 0.570. The van der Waals surface area contributed by atoms with Crippen LogP contribution < -0.4 is 19.7 Å². The van der Waals surface area contributed by atoms with Gasteiger partial charge >= 0.3 is 0 Å². The molecule has 2 aromatic carbocycles. The number of nitrogens with zero attached hydrogens (tertiary/aromatic N) is 2. The second-order valence-corrected chi connectivity index (χ2v) is 10.2. The summed E-state index contributed by atoms with van der Waals surface area (Å²) in [6.07, 6.45) is 6.69. The molecule has 0 spiro atoms. The Kier molecular flexibility index (Phi) is 7.45. The van der Waals surface area contributed by atoms with Gasteiger partial charge in [0.2, 0.25) is 12.7 Å². The molecule has 2 aromatic rings. The van der Waals surface area contributed by atoms with Crippen LogP contribution in [0, 0.1) is 11.8 Å². The SMILES string of the molecule is O=C(CC1CCC(CCN2CCN(c3cccc4c3OCO4)CC2)CC1)Nc1ccc(Cl)cc1. The first kappa shape index (κ1) is 23.3. The number of halogens is 1. The molecule has 1 amide bonds. The Bertz CT molecular complexity index is 968. The molecule has 0 aromatic heterocycles. The molecule has 0 radical (unpaired) electrons. The first-order valence-corrected chi connectivity index (χ1v) is 12.9. The lowest BCUT2D eigenvalue weighted by Crippen LogP contribution is -2.47. The van der Waals surface area contributed by atoms with Gasteiger partial charge in [-0.3, -0.25) is 9.69 Å². The maximum atomic E-state index is 12.4. The highest BCUT2D eigenvalue weighted by Crippen LogP contribution is 2.41. The van der Waals surface area contributed by atoms with Crippen LogP contribution in [0.5, 0.6) is 11.5 Å². The number of benzene rings is 2. The lowest BCUT2D eigenvalue weighted by atomic mass is 9.79. The highest BCUT2D eigenvalue weighted by atomic mass is 35.5. The van der Waals surface area contributed by atoms with Gasteiger partial charge in [0.1, 0.15) is 0 Å². The van der Waals surface area contributed by atoms with Gasteiger partial charge in [0.15, 0.2) is 11.5 Å². The number of nitrogens with one attached hydrogen (secondary N) is 1. The Labute approximate surface area is 207 Å². The van der Waals surface area contributed by atoms with Gasteiger partial charge in [0.05, 0.1) is 5.69 Å². The summed E-state index contributed by atoms with van der Waals surface area (Å²) < 4.78 is 11.2. The highest BCUT2D eigenvalue weighted by molar-refractivity contribution is 6.30. The van der Waals surface area contributed by atoms with Gasteiger partial charge in [-0.25, -0.2) is 0 Å². The molecular weight excluding hydrogens is 450 g/mol. The largest absolute Gasteiger partial charge is 0.454 e. The molecule has 1 saturated heterocycles. The number of ether oxygens (including phenoxy) is 2. The topological polar surface area (TPSA) is 54.0 Å². The van der Waals surface area contributed by atoms with E-state index >= 15 is 0 Å². The minimum atomic E-state index is 0.115. The lowest BCUT2D eigenvalue weighted by molar-refractivity contribution is -0.117. The van der Waals surface area contributed by atoms with Crippen molar-refractivity contribution in [2.45, 2.75) is 38.5 Å². The average Bonchev–Trinajstić information content (AvgIpc) is 3.35. The van der Waals surface area contributed by atoms with Crippen LogP contribution in [-0.2, 0) is 4.79 Å². The first-order chi connectivity index (χ1) is 16.6. The van der Waals surface area contributed by atoms with E-state index in [1.165, 1.54) is 25.8 Å². The molecule has 5 rings (SSSR count). The predicted molar refractivity (Wildman–Crippen MR) is 136 cm³/mol. The second kappa shape index (κ2) is 10.9. The Hall–Kier alpha value is -2.44. The van der Waals surface area contributed by atoms with Crippen LogP contribution in [0.25, 0.3) is 0 Å². The van der Waals surface area contributed by atoms with Gasteiger partial charge in [0.25, 0.3) is 0 Å². The van der Waals surface area contributed by atoms with Crippen molar-refractivity contribution in [3.05, 3.63) is 47.5 Å². The van der Waals surface area contributed by atoms with Crippen molar-refractivity contribution < 1.29 is 14.3 Å². The maximum Gasteiger partial charge on any atom is 0.231 e. The molecule has 0 unspecified atom stereocenters. The standard InChI is InChI=1S/C27H34ClN3O3/c28-22-8-10-23(11-9-22)29-26(32)18-21-6-4-20(5-7-21)12-13-30-14-16-31(17-15-30)24-2-1-3-25-27(24)34-19-33-25/h1-3,8-11,20-21H,4-7,12-19H2,(H,29,32). The lowest BCUT2D eigenvalue weighted by Gasteiger charge is -2.37. The molecule has 1 N–H and O–H groups in total. The zero-order valence-electron chi connectivity index (χ0n) is 19.7. The maximum absolute atomic E-state index is 12.4.